The summed E-state index contributed by atoms with van der Waals surface area (Å²) in [5.41, 5.74) is 6.60. The van der Waals surface area contributed by atoms with Crippen molar-refractivity contribution in [3.05, 3.63) is 87.2 Å². The molecule has 0 aliphatic rings. The van der Waals surface area contributed by atoms with Crippen LogP contribution in [0.4, 0.5) is 11.4 Å². The lowest BCUT2D eigenvalue weighted by Gasteiger charge is -2.16. The molecule has 0 atom stereocenters. The van der Waals surface area contributed by atoms with Crippen molar-refractivity contribution < 1.29 is 9.59 Å². The van der Waals surface area contributed by atoms with Crippen LogP contribution in [0.3, 0.4) is 0 Å². The quantitative estimate of drug-likeness (QED) is 0.436. The maximum Gasteiger partial charge on any atom is 0.278 e. The summed E-state index contributed by atoms with van der Waals surface area (Å²) in [7, 11) is 0. The van der Waals surface area contributed by atoms with Crippen LogP contribution in [0.15, 0.2) is 59.4 Å². The maximum atomic E-state index is 13.7. The lowest BCUT2D eigenvalue weighted by atomic mass is 10.0. The molecule has 7 nitrogen and oxygen atoms in total. The van der Waals surface area contributed by atoms with E-state index >= 15 is 0 Å². The van der Waals surface area contributed by atoms with Crippen LogP contribution in [0, 0.1) is 27.7 Å². The van der Waals surface area contributed by atoms with Crippen LogP contribution in [0.5, 0.6) is 0 Å². The molecule has 1 aromatic heterocycles. The van der Waals surface area contributed by atoms with Gasteiger partial charge in [-0.2, -0.15) is 0 Å². The number of carbonyl (C=O) groups is 2. The maximum absolute atomic E-state index is 13.7. The number of fused-ring (bicyclic) bond motifs is 1. The molecule has 2 N–H and O–H groups in total. The van der Waals surface area contributed by atoms with Gasteiger partial charge in [0.2, 0.25) is 11.8 Å². The van der Waals surface area contributed by atoms with Crippen LogP contribution in [-0.2, 0) is 16.1 Å². The second-order valence-corrected chi connectivity index (χ2v) is 8.89. The average molecular weight is 469 g/mol. The summed E-state index contributed by atoms with van der Waals surface area (Å²) in [5, 5.41) is 5.75. The van der Waals surface area contributed by atoms with E-state index in [4.69, 9.17) is 0 Å². The number of hydrogen-bond donors (Lipinski definition) is 2. The van der Waals surface area contributed by atoms with E-state index in [0.29, 0.717) is 22.3 Å². The summed E-state index contributed by atoms with van der Waals surface area (Å²) >= 11 is 0. The van der Waals surface area contributed by atoms with Crippen LogP contribution in [0.2, 0.25) is 0 Å². The standard InChI is InChI=1S/C28H28N4O3/c1-16-10-11-22(29-20(5)33)21(14-16)27-28(35)32(24-9-7-6-8-23(24)30-27)15-25(34)31-26-18(3)12-17(2)13-19(26)4/h6-14H,15H2,1-5H3,(H,29,33)(H,31,34). The Morgan fingerprint density at radius 2 is 1.57 bits per heavy atom. The zero-order chi connectivity index (χ0) is 25.3. The minimum absolute atomic E-state index is 0.173. The Kier molecular flexibility index (Phi) is 6.51. The van der Waals surface area contributed by atoms with E-state index < -0.39 is 5.56 Å². The summed E-state index contributed by atoms with van der Waals surface area (Å²) < 4.78 is 1.44. The van der Waals surface area contributed by atoms with Gasteiger partial charge in [0, 0.05) is 18.2 Å². The lowest BCUT2D eigenvalue weighted by molar-refractivity contribution is -0.117. The van der Waals surface area contributed by atoms with Crippen molar-refractivity contribution in [2.24, 2.45) is 0 Å². The van der Waals surface area contributed by atoms with Gasteiger partial charge >= 0.3 is 0 Å². The molecule has 1 heterocycles. The van der Waals surface area contributed by atoms with E-state index in [1.165, 1.54) is 11.5 Å². The number of anilines is 2. The van der Waals surface area contributed by atoms with Gasteiger partial charge in [0.1, 0.15) is 12.2 Å². The summed E-state index contributed by atoms with van der Waals surface area (Å²) in [5.74, 6) is -0.560. The molecule has 0 bridgehead atoms. The Morgan fingerprint density at radius 3 is 2.26 bits per heavy atom. The number of nitrogens with one attached hydrogen (secondary N) is 2. The number of aromatic nitrogens is 2. The van der Waals surface area contributed by atoms with E-state index in [1.54, 1.807) is 24.3 Å². The Bertz CT molecular complexity index is 1510. The Balaban J connectivity index is 1.82. The highest BCUT2D eigenvalue weighted by Crippen LogP contribution is 2.27. The largest absolute Gasteiger partial charge is 0.326 e. The molecule has 35 heavy (non-hydrogen) atoms. The van der Waals surface area contributed by atoms with Crippen molar-refractivity contribution in [3.63, 3.8) is 0 Å². The minimum atomic E-state index is -0.409. The fraction of sp³-hybridized carbons (Fsp3) is 0.214. The van der Waals surface area contributed by atoms with Gasteiger partial charge in [-0.3, -0.25) is 19.0 Å². The molecule has 0 spiro atoms. The van der Waals surface area contributed by atoms with Gasteiger partial charge in [-0.25, -0.2) is 4.98 Å². The molecule has 0 saturated heterocycles. The molecule has 0 aliphatic carbocycles. The third kappa shape index (κ3) is 4.99. The zero-order valence-electron chi connectivity index (χ0n) is 20.5. The van der Waals surface area contributed by atoms with Crippen LogP contribution >= 0.6 is 0 Å². The number of para-hydroxylation sites is 2. The van der Waals surface area contributed by atoms with Crippen LogP contribution < -0.4 is 16.2 Å². The monoisotopic (exact) mass is 468 g/mol. The van der Waals surface area contributed by atoms with Gasteiger partial charge in [0.15, 0.2) is 0 Å². The van der Waals surface area contributed by atoms with Crippen LogP contribution in [-0.4, -0.2) is 21.4 Å². The molecule has 4 aromatic rings. The lowest BCUT2D eigenvalue weighted by Crippen LogP contribution is -2.30. The minimum Gasteiger partial charge on any atom is -0.326 e. The molecular weight excluding hydrogens is 440 g/mol. The number of hydrogen-bond acceptors (Lipinski definition) is 4. The van der Waals surface area contributed by atoms with Crippen LogP contribution in [0.1, 0.15) is 29.2 Å². The first kappa shape index (κ1) is 23.9. The highest BCUT2D eigenvalue weighted by Gasteiger charge is 2.19. The molecule has 3 aromatic carbocycles. The fourth-order valence-electron chi connectivity index (χ4n) is 4.38. The molecule has 0 unspecified atom stereocenters. The van der Waals surface area contributed by atoms with E-state index in [2.05, 4.69) is 15.6 Å². The van der Waals surface area contributed by atoms with Gasteiger partial charge in [-0.15, -0.1) is 0 Å². The highest BCUT2D eigenvalue weighted by molar-refractivity contribution is 5.95. The predicted octanol–water partition coefficient (Wildman–Crippen LogP) is 4.89. The van der Waals surface area contributed by atoms with Crippen molar-refractivity contribution in [2.45, 2.75) is 41.2 Å². The molecule has 7 heteroatoms. The topological polar surface area (TPSA) is 93.1 Å². The number of nitrogens with zero attached hydrogens (tertiary/aromatic N) is 2. The molecule has 0 fully saturated rings. The number of aryl methyl sites for hydroxylation is 4. The molecule has 0 saturated carbocycles. The van der Waals surface area contributed by atoms with Gasteiger partial charge in [-0.05, 0) is 63.1 Å². The number of benzene rings is 3. The predicted molar refractivity (Wildman–Crippen MR) is 140 cm³/mol. The SMILES string of the molecule is CC(=O)Nc1ccc(C)cc1-c1nc2ccccc2n(CC(=O)Nc2c(C)cc(C)cc2C)c1=O. The smallest absolute Gasteiger partial charge is 0.278 e. The third-order valence-corrected chi connectivity index (χ3v) is 5.84. The number of amides is 2. The number of rotatable bonds is 5. The van der Waals surface area contributed by atoms with E-state index in [1.807, 2.05) is 58.0 Å². The van der Waals surface area contributed by atoms with Gasteiger partial charge in [0.25, 0.3) is 5.56 Å². The van der Waals surface area contributed by atoms with Gasteiger partial charge in [0.05, 0.1) is 16.7 Å². The summed E-state index contributed by atoms with van der Waals surface area (Å²) in [6.45, 7) is 9.04. The average Bonchev–Trinajstić information content (AvgIpc) is 2.79. The van der Waals surface area contributed by atoms with Crippen molar-refractivity contribution in [2.75, 3.05) is 10.6 Å². The molecular formula is C28H28N4O3. The van der Waals surface area contributed by atoms with Crippen molar-refractivity contribution in [1.29, 1.82) is 0 Å². The Hall–Kier alpha value is -4.26. The zero-order valence-corrected chi connectivity index (χ0v) is 20.5. The molecule has 0 aliphatic heterocycles. The Morgan fingerprint density at radius 1 is 0.886 bits per heavy atom. The highest BCUT2D eigenvalue weighted by atomic mass is 16.2. The summed E-state index contributed by atoms with van der Waals surface area (Å²) in [6.07, 6.45) is 0. The van der Waals surface area contributed by atoms with Gasteiger partial charge < -0.3 is 10.6 Å². The summed E-state index contributed by atoms with van der Waals surface area (Å²) in [4.78, 5) is 43.2. The second-order valence-electron chi connectivity index (χ2n) is 8.89. The first-order chi connectivity index (χ1) is 16.6. The van der Waals surface area contributed by atoms with Crippen molar-refractivity contribution in [3.8, 4) is 11.3 Å². The Labute approximate surface area is 203 Å². The van der Waals surface area contributed by atoms with E-state index in [-0.39, 0.29) is 24.1 Å². The van der Waals surface area contributed by atoms with Crippen molar-refractivity contribution >= 4 is 34.2 Å². The molecule has 2 amide bonds. The van der Waals surface area contributed by atoms with Crippen LogP contribution in [0.25, 0.3) is 22.3 Å². The first-order valence-electron chi connectivity index (χ1n) is 11.4. The molecule has 178 valence electrons. The number of carbonyl (C=O) groups excluding carboxylic acids is 2. The third-order valence-electron chi connectivity index (χ3n) is 5.84. The van der Waals surface area contributed by atoms with Crippen molar-refractivity contribution in [1.82, 2.24) is 9.55 Å². The molecule has 0 radical (unpaired) electrons. The summed E-state index contributed by atoms with van der Waals surface area (Å²) in [6, 6.07) is 16.7. The normalized spacial score (nSPS) is 10.9. The second kappa shape index (κ2) is 9.54. The molecule has 4 rings (SSSR count). The van der Waals surface area contributed by atoms with E-state index in [9.17, 15) is 14.4 Å². The van der Waals surface area contributed by atoms with Gasteiger partial charge in [-0.1, -0.05) is 41.5 Å². The fourth-order valence-corrected chi connectivity index (χ4v) is 4.38. The van der Waals surface area contributed by atoms with E-state index in [0.717, 1.165) is 27.9 Å². The first-order valence-corrected chi connectivity index (χ1v) is 11.4.